The molecule has 1 saturated heterocycles. The molecule has 1 aliphatic rings. The van der Waals surface area contributed by atoms with Crippen LogP contribution in [0.5, 0.6) is 5.88 Å². The van der Waals surface area contributed by atoms with Crippen LogP contribution < -0.4 is 10.1 Å². The Kier molecular flexibility index (Phi) is 3.99. The summed E-state index contributed by atoms with van der Waals surface area (Å²) in [5, 5.41) is 2.66. The van der Waals surface area contributed by atoms with Crippen LogP contribution in [0.25, 0.3) is 0 Å². The van der Waals surface area contributed by atoms with Crippen LogP contribution in [-0.4, -0.2) is 41.4 Å². The van der Waals surface area contributed by atoms with Crippen molar-refractivity contribution in [1.82, 2.24) is 15.2 Å². The van der Waals surface area contributed by atoms with Gasteiger partial charge in [0.2, 0.25) is 17.7 Å². The molecule has 6 nitrogen and oxygen atoms in total. The number of nitrogens with zero attached hydrogens (tertiary/aromatic N) is 2. The van der Waals surface area contributed by atoms with E-state index in [4.69, 9.17) is 4.74 Å². The lowest BCUT2D eigenvalue weighted by molar-refractivity contribution is -0.133. The van der Waals surface area contributed by atoms with Gasteiger partial charge in [0.05, 0.1) is 7.11 Å². The molecule has 0 radical (unpaired) electrons. The largest absolute Gasteiger partial charge is 0.481 e. The smallest absolute Gasteiger partial charge is 0.245 e. The van der Waals surface area contributed by atoms with Crippen LogP contribution in [0.1, 0.15) is 18.9 Å². The highest BCUT2D eigenvalue weighted by atomic mass is 16.5. The maximum atomic E-state index is 12.1. The predicted molar refractivity (Wildman–Crippen MR) is 68.4 cm³/mol. The van der Waals surface area contributed by atoms with Gasteiger partial charge in [-0.15, -0.1) is 0 Å². The van der Waals surface area contributed by atoms with Crippen molar-refractivity contribution in [3.8, 4) is 5.88 Å². The summed E-state index contributed by atoms with van der Waals surface area (Å²) in [7, 11) is 1.55. The molecule has 0 aromatic carbocycles. The predicted octanol–water partition coefficient (Wildman–Crippen LogP) is 0.327. The lowest BCUT2D eigenvalue weighted by Crippen LogP contribution is -2.42. The second-order valence-corrected chi connectivity index (χ2v) is 4.51. The summed E-state index contributed by atoms with van der Waals surface area (Å²) in [5.74, 6) is 0.383. The first kappa shape index (κ1) is 13.3. The second kappa shape index (κ2) is 5.69. The molecule has 1 unspecified atom stereocenters. The normalized spacial score (nSPS) is 19.9. The van der Waals surface area contributed by atoms with Crippen molar-refractivity contribution in [2.75, 3.05) is 13.7 Å². The molecule has 1 aliphatic heterocycles. The van der Waals surface area contributed by atoms with Crippen molar-refractivity contribution in [3.63, 3.8) is 0 Å². The molecule has 6 heteroatoms. The van der Waals surface area contributed by atoms with E-state index in [2.05, 4.69) is 10.3 Å². The van der Waals surface area contributed by atoms with Gasteiger partial charge in [-0.3, -0.25) is 9.59 Å². The summed E-state index contributed by atoms with van der Waals surface area (Å²) < 4.78 is 4.99. The van der Waals surface area contributed by atoms with Crippen molar-refractivity contribution in [2.45, 2.75) is 25.9 Å². The number of pyridine rings is 1. The summed E-state index contributed by atoms with van der Waals surface area (Å²) in [6, 6.07) is 3.15. The Labute approximate surface area is 111 Å². The van der Waals surface area contributed by atoms with E-state index in [-0.39, 0.29) is 11.8 Å². The van der Waals surface area contributed by atoms with Crippen LogP contribution >= 0.6 is 0 Å². The van der Waals surface area contributed by atoms with Gasteiger partial charge in [-0.2, -0.15) is 0 Å². The van der Waals surface area contributed by atoms with E-state index in [9.17, 15) is 9.59 Å². The number of carbonyl (C=O) groups excluding carboxylic acids is 2. The molecule has 2 rings (SSSR count). The summed E-state index contributed by atoms with van der Waals surface area (Å²) in [5.41, 5.74) is 0.913. The molecule has 1 fully saturated rings. The molecule has 1 N–H and O–H groups in total. The number of aromatic nitrogens is 1. The molecule has 0 spiro atoms. The molecule has 1 aromatic heterocycles. The zero-order chi connectivity index (χ0) is 13.8. The number of methoxy groups -OCH3 is 1. The number of rotatable bonds is 3. The average Bonchev–Trinajstić information content (AvgIpc) is 2.53. The van der Waals surface area contributed by atoms with Gasteiger partial charge in [-0.25, -0.2) is 4.98 Å². The van der Waals surface area contributed by atoms with Crippen LogP contribution in [-0.2, 0) is 16.1 Å². The lowest BCUT2D eigenvalue weighted by Gasteiger charge is -2.22. The first-order chi connectivity index (χ1) is 9.10. The Morgan fingerprint density at radius 2 is 2.26 bits per heavy atom. The molecule has 19 heavy (non-hydrogen) atoms. The zero-order valence-electron chi connectivity index (χ0n) is 11.0. The van der Waals surface area contributed by atoms with Crippen LogP contribution in [0.15, 0.2) is 18.3 Å². The van der Waals surface area contributed by atoms with Crippen LogP contribution in [0.3, 0.4) is 0 Å². The van der Waals surface area contributed by atoms with Crippen molar-refractivity contribution >= 4 is 11.8 Å². The van der Waals surface area contributed by atoms with E-state index in [1.54, 1.807) is 31.2 Å². The van der Waals surface area contributed by atoms with Gasteiger partial charge < -0.3 is 15.0 Å². The Morgan fingerprint density at radius 3 is 2.89 bits per heavy atom. The first-order valence-corrected chi connectivity index (χ1v) is 6.17. The van der Waals surface area contributed by atoms with Crippen molar-refractivity contribution in [1.29, 1.82) is 0 Å². The molecule has 102 valence electrons. The average molecular weight is 263 g/mol. The minimum atomic E-state index is -0.471. The van der Waals surface area contributed by atoms with Crippen molar-refractivity contribution < 1.29 is 14.3 Å². The van der Waals surface area contributed by atoms with Gasteiger partial charge in [0.15, 0.2) is 0 Å². The fraction of sp³-hybridized carbons (Fsp3) is 0.462. The van der Waals surface area contributed by atoms with E-state index >= 15 is 0 Å². The van der Waals surface area contributed by atoms with Crippen LogP contribution in [0.2, 0.25) is 0 Å². The fourth-order valence-electron chi connectivity index (χ4n) is 2.00. The van der Waals surface area contributed by atoms with E-state index in [0.29, 0.717) is 25.4 Å². The third kappa shape index (κ3) is 3.21. The van der Waals surface area contributed by atoms with Gasteiger partial charge in [-0.05, 0) is 12.5 Å². The molecule has 0 aliphatic carbocycles. The standard InChI is InChI=1S/C13H17N3O3/c1-9-13(18)16(6-5-11(17)15-9)8-10-3-4-12(19-2)14-7-10/h3-4,7,9H,5-6,8H2,1-2H3,(H,15,17). The van der Waals surface area contributed by atoms with Gasteiger partial charge in [0, 0.05) is 31.8 Å². The van der Waals surface area contributed by atoms with E-state index in [0.717, 1.165) is 5.56 Å². The summed E-state index contributed by atoms with van der Waals surface area (Å²) >= 11 is 0. The monoisotopic (exact) mass is 263 g/mol. The quantitative estimate of drug-likeness (QED) is 0.853. The molecular formula is C13H17N3O3. The minimum absolute atomic E-state index is 0.0679. The Morgan fingerprint density at radius 1 is 1.47 bits per heavy atom. The molecule has 2 amide bonds. The molecule has 0 saturated carbocycles. The minimum Gasteiger partial charge on any atom is -0.481 e. The third-order valence-corrected chi connectivity index (χ3v) is 3.05. The number of hydrogen-bond acceptors (Lipinski definition) is 4. The topological polar surface area (TPSA) is 71.5 Å². The highest BCUT2D eigenvalue weighted by molar-refractivity contribution is 5.89. The SMILES string of the molecule is COc1ccc(CN2CCC(=O)NC(C)C2=O)cn1. The van der Waals surface area contributed by atoms with Crippen LogP contribution in [0.4, 0.5) is 0 Å². The number of carbonyl (C=O) groups is 2. The summed E-state index contributed by atoms with van der Waals surface area (Å²) in [6.45, 7) is 2.58. The van der Waals surface area contributed by atoms with Gasteiger partial charge in [0.1, 0.15) is 6.04 Å². The number of nitrogens with one attached hydrogen (secondary N) is 1. The fourth-order valence-corrected chi connectivity index (χ4v) is 2.00. The Balaban J connectivity index is 2.07. The molecular weight excluding hydrogens is 246 g/mol. The van der Waals surface area contributed by atoms with E-state index in [1.165, 1.54) is 0 Å². The maximum absolute atomic E-state index is 12.1. The molecule has 0 bridgehead atoms. The highest BCUT2D eigenvalue weighted by Gasteiger charge is 2.26. The number of ether oxygens (including phenoxy) is 1. The number of hydrogen-bond donors (Lipinski definition) is 1. The Hall–Kier alpha value is -2.11. The van der Waals surface area contributed by atoms with Crippen LogP contribution in [0, 0.1) is 0 Å². The third-order valence-electron chi connectivity index (χ3n) is 3.05. The highest BCUT2D eigenvalue weighted by Crippen LogP contribution is 2.12. The zero-order valence-corrected chi connectivity index (χ0v) is 11.0. The van der Waals surface area contributed by atoms with Gasteiger partial charge in [0.25, 0.3) is 0 Å². The molecule has 1 atom stereocenters. The second-order valence-electron chi connectivity index (χ2n) is 4.51. The first-order valence-electron chi connectivity index (χ1n) is 6.17. The maximum Gasteiger partial charge on any atom is 0.245 e. The lowest BCUT2D eigenvalue weighted by atomic mass is 10.2. The van der Waals surface area contributed by atoms with E-state index in [1.807, 2.05) is 6.07 Å². The van der Waals surface area contributed by atoms with Crippen molar-refractivity contribution in [3.05, 3.63) is 23.9 Å². The van der Waals surface area contributed by atoms with Gasteiger partial charge >= 0.3 is 0 Å². The van der Waals surface area contributed by atoms with E-state index < -0.39 is 6.04 Å². The summed E-state index contributed by atoms with van der Waals surface area (Å²) in [4.78, 5) is 29.3. The number of amides is 2. The van der Waals surface area contributed by atoms with Crippen molar-refractivity contribution in [2.24, 2.45) is 0 Å². The Bertz CT molecular complexity index is 473. The molecule has 2 heterocycles. The van der Waals surface area contributed by atoms with Gasteiger partial charge in [-0.1, -0.05) is 6.07 Å². The molecule has 1 aromatic rings. The summed E-state index contributed by atoms with van der Waals surface area (Å²) in [6.07, 6.45) is 2.01.